The van der Waals surface area contributed by atoms with Crippen molar-refractivity contribution in [3.8, 4) is 0 Å². The minimum absolute atomic E-state index is 0.382. The summed E-state index contributed by atoms with van der Waals surface area (Å²) >= 11 is 0. The van der Waals surface area contributed by atoms with Gasteiger partial charge < -0.3 is 15.8 Å². The van der Waals surface area contributed by atoms with Crippen LogP contribution in [-0.2, 0) is 11.2 Å². The van der Waals surface area contributed by atoms with E-state index in [1.807, 2.05) is 13.0 Å². The summed E-state index contributed by atoms with van der Waals surface area (Å²) in [6.45, 7) is 7.62. The van der Waals surface area contributed by atoms with Crippen molar-refractivity contribution in [2.24, 2.45) is 5.92 Å². The van der Waals surface area contributed by atoms with Gasteiger partial charge in [-0.25, -0.2) is 9.97 Å². The van der Waals surface area contributed by atoms with E-state index in [0.29, 0.717) is 11.7 Å². The minimum Gasteiger partial charge on any atom is -0.384 e. The first kappa shape index (κ1) is 18.9. The molecule has 0 radical (unpaired) electrons. The Labute approximate surface area is 167 Å². The summed E-state index contributed by atoms with van der Waals surface area (Å²) in [4.78, 5) is 9.13. The van der Waals surface area contributed by atoms with Gasteiger partial charge >= 0.3 is 0 Å². The van der Waals surface area contributed by atoms with Gasteiger partial charge in [-0.15, -0.1) is 0 Å². The van der Waals surface area contributed by atoms with Crippen molar-refractivity contribution in [1.29, 1.82) is 0 Å². The molecule has 2 aliphatic rings. The number of rotatable bonds is 7. The molecule has 2 aromatic heterocycles. The average Bonchev–Trinajstić information content (AvgIpc) is 3.15. The highest BCUT2D eigenvalue weighted by Gasteiger charge is 2.22. The maximum Gasteiger partial charge on any atom is 0.130 e. The first-order valence-corrected chi connectivity index (χ1v) is 10.4. The molecule has 1 saturated carbocycles. The number of aromatic nitrogens is 2. The molecule has 3 N–H and O–H groups in total. The van der Waals surface area contributed by atoms with Crippen LogP contribution in [0.1, 0.15) is 61.8 Å². The molecule has 2 aromatic rings. The molecule has 5 nitrogen and oxygen atoms in total. The van der Waals surface area contributed by atoms with Crippen molar-refractivity contribution >= 4 is 22.9 Å². The van der Waals surface area contributed by atoms with Crippen LogP contribution in [0.15, 0.2) is 31.0 Å². The number of aryl methyl sites for hydroxylation is 1. The van der Waals surface area contributed by atoms with E-state index < -0.39 is 0 Å². The molecule has 1 atom stereocenters. The molecule has 148 valence electrons. The van der Waals surface area contributed by atoms with E-state index in [2.05, 4.69) is 29.0 Å². The summed E-state index contributed by atoms with van der Waals surface area (Å²) in [7, 11) is 0. The van der Waals surface area contributed by atoms with E-state index in [1.54, 1.807) is 6.20 Å². The van der Waals surface area contributed by atoms with E-state index >= 15 is 0 Å². The smallest absolute Gasteiger partial charge is 0.130 e. The normalized spacial score (nSPS) is 19.4. The maximum atomic E-state index is 5.93. The zero-order valence-corrected chi connectivity index (χ0v) is 16.7. The van der Waals surface area contributed by atoms with E-state index in [-0.39, 0.29) is 0 Å². The number of allylic oxidation sites excluding steroid dienone is 1. The first-order valence-electron chi connectivity index (χ1n) is 10.4. The van der Waals surface area contributed by atoms with Crippen molar-refractivity contribution in [3.05, 3.63) is 47.8 Å². The lowest BCUT2D eigenvalue weighted by molar-refractivity contribution is 0.193. The third-order valence-corrected chi connectivity index (χ3v) is 5.97. The number of hydrogen-bond acceptors (Lipinski definition) is 5. The highest BCUT2D eigenvalue weighted by molar-refractivity contribution is 5.77. The van der Waals surface area contributed by atoms with Gasteiger partial charge in [-0.3, -0.25) is 0 Å². The molecule has 0 aromatic carbocycles. The lowest BCUT2D eigenvalue weighted by Crippen LogP contribution is -2.12. The summed E-state index contributed by atoms with van der Waals surface area (Å²) in [6.07, 6.45) is 9.35. The second kappa shape index (κ2) is 8.31. The van der Waals surface area contributed by atoms with Gasteiger partial charge in [0.2, 0.25) is 0 Å². The van der Waals surface area contributed by atoms with E-state index in [1.165, 1.54) is 31.2 Å². The highest BCUT2D eigenvalue weighted by atomic mass is 16.5. The van der Waals surface area contributed by atoms with Crippen LogP contribution in [0.4, 0.5) is 17.3 Å². The lowest BCUT2D eigenvalue weighted by atomic mass is 9.81. The second-order valence-electron chi connectivity index (χ2n) is 8.24. The molecule has 1 unspecified atom stereocenters. The third kappa shape index (κ3) is 4.36. The molecule has 4 rings (SSSR count). The second-order valence-corrected chi connectivity index (χ2v) is 8.24. The van der Waals surface area contributed by atoms with Crippen molar-refractivity contribution in [3.63, 3.8) is 0 Å². The fraction of sp³-hybridized carbons (Fsp3) is 0.478. The molecular formula is C23H30N4O. The van der Waals surface area contributed by atoms with Crippen LogP contribution in [0.25, 0.3) is 5.57 Å². The topological polar surface area (TPSA) is 73.1 Å². The summed E-state index contributed by atoms with van der Waals surface area (Å²) in [5.41, 5.74) is 11.2. The van der Waals surface area contributed by atoms with Crippen LogP contribution < -0.4 is 11.1 Å². The number of anilines is 3. The number of nitrogens with two attached hydrogens (primary N) is 1. The molecule has 2 fully saturated rings. The number of nitrogens with zero attached hydrogens (tertiary/aromatic N) is 2. The Morgan fingerprint density at radius 1 is 1.29 bits per heavy atom. The number of ether oxygens (including phenoxy) is 1. The molecule has 1 saturated heterocycles. The first-order chi connectivity index (χ1) is 13.6. The molecule has 0 amide bonds. The zero-order valence-electron chi connectivity index (χ0n) is 16.7. The van der Waals surface area contributed by atoms with Gasteiger partial charge in [0.05, 0.1) is 12.3 Å². The van der Waals surface area contributed by atoms with Gasteiger partial charge in [0, 0.05) is 36.0 Å². The molecule has 1 aliphatic carbocycles. The Morgan fingerprint density at radius 3 is 2.82 bits per heavy atom. The van der Waals surface area contributed by atoms with Crippen molar-refractivity contribution in [2.75, 3.05) is 24.3 Å². The Morgan fingerprint density at radius 2 is 2.14 bits per heavy atom. The van der Waals surface area contributed by atoms with Gasteiger partial charge in [0.25, 0.3) is 0 Å². The van der Waals surface area contributed by atoms with Crippen LogP contribution in [0.5, 0.6) is 0 Å². The minimum atomic E-state index is 0.382. The highest BCUT2D eigenvalue weighted by Crippen LogP contribution is 2.33. The summed E-state index contributed by atoms with van der Waals surface area (Å²) in [6, 6.07) is 6.31. The fourth-order valence-electron chi connectivity index (χ4n) is 4.00. The SMILES string of the molecule is C=C(C)c1cnc(N)cc1Nc1cc(CCC2CCC2)cc(C2CCOC2)n1. The van der Waals surface area contributed by atoms with Gasteiger partial charge in [-0.1, -0.05) is 25.8 Å². The maximum absolute atomic E-state index is 5.93. The monoisotopic (exact) mass is 378 g/mol. The third-order valence-electron chi connectivity index (χ3n) is 5.97. The van der Waals surface area contributed by atoms with Crippen molar-refractivity contribution in [2.45, 2.75) is 51.4 Å². The molecular weight excluding hydrogens is 348 g/mol. The number of nitrogen functional groups attached to an aromatic ring is 1. The van der Waals surface area contributed by atoms with Crippen molar-refractivity contribution in [1.82, 2.24) is 9.97 Å². The van der Waals surface area contributed by atoms with Crippen LogP contribution >= 0.6 is 0 Å². The van der Waals surface area contributed by atoms with Gasteiger partial charge in [0.1, 0.15) is 11.6 Å². The predicted octanol–water partition coefficient (Wildman–Crippen LogP) is 5.07. The number of hydrogen-bond donors (Lipinski definition) is 2. The Hall–Kier alpha value is -2.40. The number of nitrogens with one attached hydrogen (secondary N) is 1. The predicted molar refractivity (Wildman–Crippen MR) is 115 cm³/mol. The Balaban J connectivity index is 1.62. The molecule has 1 aliphatic heterocycles. The van der Waals surface area contributed by atoms with Crippen molar-refractivity contribution < 1.29 is 4.74 Å². The van der Waals surface area contributed by atoms with Gasteiger partial charge in [-0.05, 0) is 55.4 Å². The average molecular weight is 379 g/mol. The lowest BCUT2D eigenvalue weighted by Gasteiger charge is -2.25. The van der Waals surface area contributed by atoms with Gasteiger partial charge in [0.15, 0.2) is 0 Å². The summed E-state index contributed by atoms with van der Waals surface area (Å²) in [5, 5.41) is 3.48. The van der Waals surface area contributed by atoms with E-state index in [9.17, 15) is 0 Å². The van der Waals surface area contributed by atoms with Gasteiger partial charge in [-0.2, -0.15) is 0 Å². The quantitative estimate of drug-likeness (QED) is 0.703. The largest absolute Gasteiger partial charge is 0.384 e. The Bertz CT molecular complexity index is 854. The standard InChI is InChI=1S/C23H30N4O/c1-15(2)19-13-25-22(24)12-21(19)27-23-11-17(7-6-16-4-3-5-16)10-20(26-23)18-8-9-28-14-18/h10-13,16,18H,1,3-9,14H2,2H3,(H3,24,25,26,27). The van der Waals surface area contributed by atoms with E-state index in [0.717, 1.165) is 60.3 Å². The number of pyridine rings is 2. The van der Waals surface area contributed by atoms with Crippen LogP contribution in [0.3, 0.4) is 0 Å². The van der Waals surface area contributed by atoms with E-state index in [4.69, 9.17) is 15.5 Å². The molecule has 5 heteroatoms. The van der Waals surface area contributed by atoms with Crippen LogP contribution in [-0.4, -0.2) is 23.2 Å². The fourth-order valence-corrected chi connectivity index (χ4v) is 4.00. The summed E-state index contributed by atoms with van der Waals surface area (Å²) < 4.78 is 5.60. The molecule has 28 heavy (non-hydrogen) atoms. The van der Waals surface area contributed by atoms with Crippen LogP contribution in [0.2, 0.25) is 0 Å². The Kier molecular flexibility index (Phi) is 5.62. The molecule has 0 bridgehead atoms. The molecule has 0 spiro atoms. The molecule has 3 heterocycles. The van der Waals surface area contributed by atoms with Crippen LogP contribution in [0, 0.1) is 5.92 Å². The zero-order chi connectivity index (χ0) is 19.5. The summed E-state index contributed by atoms with van der Waals surface area (Å²) in [5.74, 6) is 2.63.